The predicted molar refractivity (Wildman–Crippen MR) is 400 cm³/mol. The van der Waals surface area contributed by atoms with E-state index in [-0.39, 0.29) is 50.0 Å². The summed E-state index contributed by atoms with van der Waals surface area (Å²) >= 11 is 0. The molecule has 0 atom stereocenters. The Hall–Kier alpha value is -7.34. The van der Waals surface area contributed by atoms with Gasteiger partial charge in [0.1, 0.15) is 0 Å². The fourth-order valence-corrected chi connectivity index (χ4v) is 23.4. The molecule has 8 heterocycles. The van der Waals surface area contributed by atoms with Crippen LogP contribution in [0.25, 0.3) is 104 Å². The van der Waals surface area contributed by atoms with Gasteiger partial charge in [-0.25, -0.2) is 0 Å². The SMILES string of the molecule is CC(C)(C)c1ccc2c(c1)[Si]1(c3cc(C(C)(C)C)ccc3-2)c2ccc3c4c2-n2c5c(cc(C(C)(C)C)cc5c5cc(C(C)(C)C)cc1c52)B4c1cc2c(c4cc(C(C)(C)C)cc5c6c(C(C)(C)C)cc(C(C)(C)C)cc6n2c54)c2c4ccc(C(C)(C)C)cc4n-3c12. The van der Waals surface area contributed by atoms with Gasteiger partial charge in [0, 0.05) is 60.0 Å². The number of rotatable bonds is 0. The smallest absolute Gasteiger partial charge is 0.252 e. The van der Waals surface area contributed by atoms with Gasteiger partial charge in [0.25, 0.3) is 6.71 Å². The highest BCUT2D eigenvalue weighted by atomic mass is 28.3. The third-order valence-corrected chi connectivity index (χ3v) is 27.7. The summed E-state index contributed by atoms with van der Waals surface area (Å²) in [6.07, 6.45) is 0. The van der Waals surface area contributed by atoms with E-state index in [1.807, 2.05) is 0 Å². The predicted octanol–water partition coefficient (Wildman–Crippen LogP) is 18.2. The third kappa shape index (κ3) is 7.23. The quantitative estimate of drug-likeness (QED) is 0.134. The van der Waals surface area contributed by atoms with Gasteiger partial charge < -0.3 is 13.5 Å². The fraction of sp³-hybridized carbons (Fsp3) is 0.372. The number of aromatic nitrogens is 3. The zero-order chi connectivity index (χ0) is 64.6. The molecule has 0 N–H and O–H groups in total. The number of hydrogen-bond donors (Lipinski definition) is 0. The molecule has 1 spiro atoms. The van der Waals surface area contributed by atoms with Crippen LogP contribution in [0.5, 0.6) is 0 Å². The van der Waals surface area contributed by atoms with Crippen molar-refractivity contribution < 1.29 is 0 Å². The molecular formula is C86H92BN3Si. The van der Waals surface area contributed by atoms with Crippen LogP contribution in [0, 0.1) is 0 Å². The number of hydrogen-bond acceptors (Lipinski definition) is 0. The highest BCUT2D eigenvalue weighted by Crippen LogP contribution is 2.52. The Bertz CT molecular complexity index is 5470. The molecule has 13 aromatic rings. The van der Waals surface area contributed by atoms with E-state index >= 15 is 0 Å². The summed E-state index contributed by atoms with van der Waals surface area (Å²) in [5.41, 5.74) is 29.9. The van der Waals surface area contributed by atoms with Crippen LogP contribution in [0.3, 0.4) is 0 Å². The minimum atomic E-state index is -3.26. The molecule has 0 saturated heterocycles. The molecule has 9 aromatic carbocycles. The molecule has 0 radical (unpaired) electrons. The van der Waals surface area contributed by atoms with Crippen molar-refractivity contribution in [2.45, 2.75) is 209 Å². The maximum atomic E-state index is 2.88. The number of nitrogens with zero attached hydrogens (tertiary/aromatic N) is 3. The van der Waals surface area contributed by atoms with E-state index in [1.165, 1.54) is 170 Å². The lowest BCUT2D eigenvalue weighted by Crippen LogP contribution is -2.77. The topological polar surface area (TPSA) is 14.3 Å². The Labute approximate surface area is 541 Å². The van der Waals surface area contributed by atoms with Gasteiger partial charge in [0.05, 0.1) is 33.1 Å². The van der Waals surface area contributed by atoms with Gasteiger partial charge >= 0.3 is 0 Å². The summed E-state index contributed by atoms with van der Waals surface area (Å²) in [5, 5.41) is 17.2. The van der Waals surface area contributed by atoms with E-state index in [1.54, 1.807) is 15.6 Å². The molecule has 4 aromatic heterocycles. The van der Waals surface area contributed by atoms with Gasteiger partial charge in [-0.2, -0.15) is 0 Å². The van der Waals surface area contributed by atoms with Crippen molar-refractivity contribution in [2.75, 3.05) is 0 Å². The van der Waals surface area contributed by atoms with Crippen molar-refractivity contribution in [1.82, 2.24) is 13.5 Å². The summed E-state index contributed by atoms with van der Waals surface area (Å²) in [6.45, 7) is 58.0. The molecule has 0 aliphatic carbocycles. The van der Waals surface area contributed by atoms with Crippen LogP contribution in [0.4, 0.5) is 0 Å². The largest absolute Gasteiger partial charge is 0.310 e. The van der Waals surface area contributed by atoms with Crippen molar-refractivity contribution in [3.05, 3.63) is 166 Å². The number of benzene rings is 9. The third-order valence-electron chi connectivity index (χ3n) is 22.9. The van der Waals surface area contributed by atoms with Crippen molar-refractivity contribution in [1.29, 1.82) is 0 Å². The van der Waals surface area contributed by atoms with Crippen LogP contribution in [0.2, 0.25) is 0 Å². The standard InChI is InChI=1S/C86H92BN3Si/c1-79(2,3)45-27-30-54-63(39-45)88-62-31-32-66-78-73(62)87(61-44-65-71(72(54)77(61)88)58-36-48(82(10,11)12)35-57-70-59(86(22,23)24)37-51(85(19,20)21)40-64(70)89(65)74(57)58)60-38-49(83(13,14)15)33-55-56-34-50(84(16,17)18)43-69(76(56)90(78)75(55)60)91(66)67-41-46(80(4,5)6)25-28-52(67)53-29-26-47(42-68(53)91)81(7,8)9/h25-44H,1-24H3. The Morgan fingerprint density at radius 3 is 1.31 bits per heavy atom. The Morgan fingerprint density at radius 1 is 0.297 bits per heavy atom. The molecule has 0 bridgehead atoms. The van der Waals surface area contributed by atoms with Gasteiger partial charge in [-0.1, -0.05) is 239 Å². The molecule has 17 rings (SSSR count). The van der Waals surface area contributed by atoms with E-state index in [4.69, 9.17) is 0 Å². The lowest BCUT2D eigenvalue weighted by Gasteiger charge is -2.43. The molecule has 0 amide bonds. The van der Waals surface area contributed by atoms with Gasteiger partial charge in [-0.05, 0) is 185 Å². The second-order valence-corrected chi connectivity index (χ2v) is 40.8. The normalized spacial score (nSPS) is 15.5. The summed E-state index contributed by atoms with van der Waals surface area (Å²) in [4.78, 5) is 0. The Balaban J connectivity index is 1.15. The average Bonchev–Trinajstić information content (AvgIpc) is 1.52. The maximum Gasteiger partial charge on any atom is 0.252 e. The highest BCUT2D eigenvalue weighted by Gasteiger charge is 2.57. The van der Waals surface area contributed by atoms with E-state index in [0.29, 0.717) is 0 Å². The molecule has 0 unspecified atom stereocenters. The van der Waals surface area contributed by atoms with Gasteiger partial charge in [0.15, 0.2) is 8.07 Å². The van der Waals surface area contributed by atoms with Crippen LogP contribution < -0.4 is 37.1 Å². The van der Waals surface area contributed by atoms with Crippen molar-refractivity contribution in [3.63, 3.8) is 0 Å². The van der Waals surface area contributed by atoms with Crippen molar-refractivity contribution in [2.24, 2.45) is 0 Å². The van der Waals surface area contributed by atoms with Crippen molar-refractivity contribution >= 4 is 134 Å². The molecule has 4 aliphatic rings. The Morgan fingerprint density at radius 2 is 0.747 bits per heavy atom. The molecule has 458 valence electrons. The van der Waals surface area contributed by atoms with Crippen LogP contribution in [0.1, 0.15) is 211 Å². The van der Waals surface area contributed by atoms with E-state index in [9.17, 15) is 0 Å². The lowest BCUT2D eigenvalue weighted by atomic mass is 9.34. The fourth-order valence-electron chi connectivity index (χ4n) is 17.8. The zero-order valence-corrected chi connectivity index (χ0v) is 60.0. The molecule has 91 heavy (non-hydrogen) atoms. The molecule has 0 saturated carbocycles. The van der Waals surface area contributed by atoms with Gasteiger partial charge in [0.2, 0.25) is 0 Å². The molecule has 5 heteroatoms. The molecule has 4 aliphatic heterocycles. The van der Waals surface area contributed by atoms with E-state index < -0.39 is 8.07 Å². The second-order valence-electron chi connectivity index (χ2n) is 37.1. The zero-order valence-electron chi connectivity index (χ0n) is 59.0. The monoisotopic (exact) mass is 1210 g/mol. The average molecular weight is 1210 g/mol. The van der Waals surface area contributed by atoms with Crippen LogP contribution >= 0.6 is 0 Å². The maximum absolute atomic E-state index is 3.26. The lowest BCUT2D eigenvalue weighted by molar-refractivity contribution is 0.573. The Kier molecular flexibility index (Phi) is 10.7. The van der Waals surface area contributed by atoms with Crippen LogP contribution in [0.15, 0.2) is 121 Å². The van der Waals surface area contributed by atoms with Gasteiger partial charge in [-0.3, -0.25) is 0 Å². The first-order chi connectivity index (χ1) is 42.2. The first-order valence-electron chi connectivity index (χ1n) is 34.2. The first kappa shape index (κ1) is 57.6. The summed E-state index contributed by atoms with van der Waals surface area (Å²) in [7, 11) is -3.26. The van der Waals surface area contributed by atoms with Crippen LogP contribution in [-0.4, -0.2) is 28.3 Å². The summed E-state index contributed by atoms with van der Waals surface area (Å²) in [6, 6.07) is 52.3. The van der Waals surface area contributed by atoms with E-state index in [2.05, 4.69) is 301 Å². The summed E-state index contributed by atoms with van der Waals surface area (Å²) in [5.74, 6) is 0. The number of fused-ring (bicyclic) bond motifs is 21. The first-order valence-corrected chi connectivity index (χ1v) is 36.2. The minimum absolute atomic E-state index is 0.0560. The van der Waals surface area contributed by atoms with E-state index in [0.717, 1.165) is 0 Å². The summed E-state index contributed by atoms with van der Waals surface area (Å²) < 4.78 is 8.47. The van der Waals surface area contributed by atoms with Gasteiger partial charge in [-0.15, -0.1) is 0 Å². The van der Waals surface area contributed by atoms with Crippen LogP contribution in [-0.2, 0) is 43.3 Å². The molecular weight excluding hydrogens is 1110 g/mol. The molecule has 0 fully saturated rings. The molecule has 3 nitrogen and oxygen atoms in total. The minimum Gasteiger partial charge on any atom is -0.310 e. The second kappa shape index (κ2) is 16.9. The van der Waals surface area contributed by atoms with Crippen molar-refractivity contribution in [3.8, 4) is 22.5 Å². The highest BCUT2D eigenvalue weighted by molar-refractivity contribution is 7.24.